The van der Waals surface area contributed by atoms with Crippen molar-refractivity contribution < 1.29 is 9.47 Å². The lowest BCUT2D eigenvalue weighted by molar-refractivity contribution is 0.0929. The third-order valence-electron chi connectivity index (χ3n) is 3.67. The molecule has 0 aliphatic heterocycles. The van der Waals surface area contributed by atoms with Gasteiger partial charge in [-0.15, -0.1) is 0 Å². The van der Waals surface area contributed by atoms with E-state index in [9.17, 15) is 0 Å². The molecule has 0 bridgehead atoms. The summed E-state index contributed by atoms with van der Waals surface area (Å²) >= 11 is 0. The topological polar surface area (TPSA) is 18.5 Å². The minimum absolute atomic E-state index is 0.0224. The summed E-state index contributed by atoms with van der Waals surface area (Å²) in [5.41, 5.74) is 2.70. The molecule has 2 aliphatic rings. The number of hydrogen-bond donors (Lipinski definition) is 0. The lowest BCUT2D eigenvalue weighted by Crippen LogP contribution is -2.22. The van der Waals surface area contributed by atoms with Crippen molar-refractivity contribution in [3.05, 3.63) is 23.0 Å². The van der Waals surface area contributed by atoms with E-state index in [4.69, 9.17) is 9.47 Å². The highest BCUT2D eigenvalue weighted by Gasteiger charge is 2.59. The summed E-state index contributed by atoms with van der Waals surface area (Å²) in [6.07, 6.45) is 4.40. The molecule has 14 heavy (non-hydrogen) atoms. The molecule has 2 rings (SSSR count). The summed E-state index contributed by atoms with van der Waals surface area (Å²) in [5.74, 6) is 1.61. The van der Waals surface area contributed by atoms with Gasteiger partial charge in [-0.05, 0) is 25.8 Å². The zero-order valence-corrected chi connectivity index (χ0v) is 9.39. The molecule has 2 nitrogen and oxygen atoms in total. The van der Waals surface area contributed by atoms with Crippen molar-refractivity contribution in [2.75, 3.05) is 14.2 Å². The molecule has 2 aliphatic carbocycles. The van der Waals surface area contributed by atoms with Gasteiger partial charge in [0.1, 0.15) is 5.76 Å². The monoisotopic (exact) mass is 194 g/mol. The molecule has 0 heterocycles. The molecule has 2 unspecified atom stereocenters. The molecular weight excluding hydrogens is 176 g/mol. The zero-order valence-electron chi connectivity index (χ0n) is 9.39. The van der Waals surface area contributed by atoms with Gasteiger partial charge in [-0.1, -0.05) is 12.5 Å². The largest absolute Gasteiger partial charge is 0.497 e. The maximum Gasteiger partial charge on any atom is 0.120 e. The Balaban J connectivity index is 2.39. The highest BCUT2D eigenvalue weighted by atomic mass is 16.5. The van der Waals surface area contributed by atoms with Crippen LogP contribution in [0.2, 0.25) is 0 Å². The van der Waals surface area contributed by atoms with Crippen LogP contribution in [-0.4, -0.2) is 19.8 Å². The molecule has 2 atom stereocenters. The van der Waals surface area contributed by atoms with Crippen molar-refractivity contribution in [1.29, 1.82) is 0 Å². The van der Waals surface area contributed by atoms with Crippen molar-refractivity contribution in [1.82, 2.24) is 0 Å². The summed E-state index contributed by atoms with van der Waals surface area (Å²) in [4.78, 5) is 0. The van der Waals surface area contributed by atoms with E-state index >= 15 is 0 Å². The van der Waals surface area contributed by atoms with Gasteiger partial charge in [0, 0.05) is 18.6 Å². The highest BCUT2D eigenvalue weighted by molar-refractivity contribution is 5.46. The van der Waals surface area contributed by atoms with Crippen LogP contribution in [0, 0.1) is 5.92 Å². The quantitative estimate of drug-likeness (QED) is 0.687. The van der Waals surface area contributed by atoms with Crippen LogP contribution < -0.4 is 0 Å². The number of allylic oxidation sites excluding steroid dienone is 1. The Labute approximate surface area is 85.6 Å². The summed E-state index contributed by atoms with van der Waals surface area (Å²) < 4.78 is 11.0. The number of rotatable bonds is 3. The Kier molecular flexibility index (Phi) is 2.18. The van der Waals surface area contributed by atoms with Gasteiger partial charge in [-0.25, -0.2) is 0 Å². The maximum absolute atomic E-state index is 5.65. The van der Waals surface area contributed by atoms with E-state index in [1.54, 1.807) is 14.2 Å². The van der Waals surface area contributed by atoms with Gasteiger partial charge < -0.3 is 9.47 Å². The van der Waals surface area contributed by atoms with Gasteiger partial charge in [-0.3, -0.25) is 0 Å². The SMILES string of the molecule is CCC1=CC(OC)=C(C)C2(OC)CC12. The average Bonchev–Trinajstić information content (AvgIpc) is 2.95. The van der Waals surface area contributed by atoms with Gasteiger partial charge >= 0.3 is 0 Å². The molecule has 0 aromatic carbocycles. The molecule has 1 fully saturated rings. The van der Waals surface area contributed by atoms with Gasteiger partial charge in [0.25, 0.3) is 0 Å². The van der Waals surface area contributed by atoms with Gasteiger partial charge in [0.2, 0.25) is 0 Å². The molecular formula is C12H18O2. The van der Waals surface area contributed by atoms with Crippen molar-refractivity contribution in [2.45, 2.75) is 32.3 Å². The van der Waals surface area contributed by atoms with Crippen LogP contribution in [0.3, 0.4) is 0 Å². The smallest absolute Gasteiger partial charge is 0.120 e. The van der Waals surface area contributed by atoms with Crippen LogP contribution in [0.1, 0.15) is 26.7 Å². The van der Waals surface area contributed by atoms with E-state index in [0.717, 1.165) is 18.6 Å². The van der Waals surface area contributed by atoms with Gasteiger partial charge in [0.15, 0.2) is 0 Å². The average molecular weight is 194 g/mol. The van der Waals surface area contributed by atoms with Crippen LogP contribution in [0.4, 0.5) is 0 Å². The molecule has 0 radical (unpaired) electrons. The van der Waals surface area contributed by atoms with E-state index in [1.807, 2.05) is 0 Å². The predicted molar refractivity (Wildman–Crippen MR) is 55.9 cm³/mol. The fraction of sp³-hybridized carbons (Fsp3) is 0.667. The van der Waals surface area contributed by atoms with Gasteiger partial charge in [-0.2, -0.15) is 0 Å². The number of ether oxygens (including phenoxy) is 2. The van der Waals surface area contributed by atoms with Crippen LogP contribution in [0.15, 0.2) is 23.0 Å². The Morgan fingerprint density at radius 3 is 2.71 bits per heavy atom. The van der Waals surface area contributed by atoms with E-state index < -0.39 is 0 Å². The summed E-state index contributed by atoms with van der Waals surface area (Å²) in [7, 11) is 3.53. The van der Waals surface area contributed by atoms with Crippen molar-refractivity contribution in [3.63, 3.8) is 0 Å². The third-order valence-corrected chi connectivity index (χ3v) is 3.67. The first kappa shape index (κ1) is 9.78. The molecule has 0 amide bonds. The minimum Gasteiger partial charge on any atom is -0.497 e. The van der Waals surface area contributed by atoms with Crippen molar-refractivity contribution in [3.8, 4) is 0 Å². The maximum atomic E-state index is 5.65. The van der Waals surface area contributed by atoms with Crippen LogP contribution >= 0.6 is 0 Å². The Morgan fingerprint density at radius 2 is 2.21 bits per heavy atom. The Hall–Kier alpha value is -0.760. The van der Waals surface area contributed by atoms with Crippen molar-refractivity contribution in [2.24, 2.45) is 5.92 Å². The first-order valence-corrected chi connectivity index (χ1v) is 5.20. The standard InChI is InChI=1S/C12H18O2/c1-5-9-6-11(13-3)8(2)12(14-4)7-10(9)12/h6,10H,5,7H2,1-4H3. The predicted octanol–water partition coefficient (Wildman–Crippen LogP) is 2.66. The summed E-state index contributed by atoms with van der Waals surface area (Å²) in [5, 5.41) is 0. The second kappa shape index (κ2) is 3.13. The highest BCUT2D eigenvalue weighted by Crippen LogP contribution is 2.59. The van der Waals surface area contributed by atoms with Crippen LogP contribution in [-0.2, 0) is 9.47 Å². The first-order valence-electron chi connectivity index (χ1n) is 5.20. The molecule has 0 aromatic rings. The summed E-state index contributed by atoms with van der Waals surface area (Å²) in [6, 6.07) is 0. The van der Waals surface area contributed by atoms with Crippen LogP contribution in [0.25, 0.3) is 0 Å². The van der Waals surface area contributed by atoms with E-state index in [2.05, 4.69) is 19.9 Å². The molecule has 0 N–H and O–H groups in total. The van der Waals surface area contributed by atoms with Crippen LogP contribution in [0.5, 0.6) is 0 Å². The molecule has 0 spiro atoms. The van der Waals surface area contributed by atoms with Gasteiger partial charge in [0.05, 0.1) is 12.7 Å². The fourth-order valence-electron chi connectivity index (χ4n) is 2.61. The lowest BCUT2D eigenvalue weighted by atomic mass is 9.93. The minimum atomic E-state index is -0.0224. The Bertz CT molecular complexity index is 314. The molecule has 2 heteroatoms. The molecule has 0 aromatic heterocycles. The molecule has 1 saturated carbocycles. The first-order chi connectivity index (χ1) is 6.69. The second-order valence-corrected chi connectivity index (χ2v) is 4.12. The number of fused-ring (bicyclic) bond motifs is 1. The van der Waals surface area contributed by atoms with E-state index in [0.29, 0.717) is 5.92 Å². The molecule has 0 saturated heterocycles. The Morgan fingerprint density at radius 1 is 1.50 bits per heavy atom. The second-order valence-electron chi connectivity index (χ2n) is 4.12. The number of methoxy groups -OCH3 is 2. The fourth-order valence-corrected chi connectivity index (χ4v) is 2.61. The van der Waals surface area contributed by atoms with Crippen molar-refractivity contribution >= 4 is 0 Å². The lowest BCUT2D eigenvalue weighted by Gasteiger charge is -2.24. The zero-order chi connectivity index (χ0) is 10.3. The normalized spacial score (nSPS) is 35.1. The third kappa shape index (κ3) is 1.07. The van der Waals surface area contributed by atoms with E-state index in [-0.39, 0.29) is 5.60 Å². The summed E-state index contributed by atoms with van der Waals surface area (Å²) in [6.45, 7) is 4.31. The van der Waals surface area contributed by atoms with E-state index in [1.165, 1.54) is 11.1 Å². The molecule has 78 valence electrons. The number of hydrogen-bond acceptors (Lipinski definition) is 2.